The number of hydrogen-bond donors (Lipinski definition) is 1. The smallest absolute Gasteiger partial charge is 0.268 e. The van der Waals surface area contributed by atoms with Crippen molar-refractivity contribution in [2.24, 2.45) is 0 Å². The Hall–Kier alpha value is -3.17. The molecule has 0 spiro atoms. The van der Waals surface area contributed by atoms with Crippen LogP contribution in [0.5, 0.6) is 17.2 Å². The fourth-order valence-electron chi connectivity index (χ4n) is 2.18. The van der Waals surface area contributed by atoms with E-state index in [0.29, 0.717) is 34.3 Å². The molecule has 0 atom stereocenters. The molecule has 0 fully saturated rings. The highest BCUT2D eigenvalue weighted by Gasteiger charge is 2.20. The zero-order chi connectivity index (χ0) is 21.6. The highest BCUT2D eigenvalue weighted by Crippen LogP contribution is 2.38. The molecule has 0 unspecified atom stereocenters. The molecule has 1 aromatic carbocycles. The van der Waals surface area contributed by atoms with Gasteiger partial charge in [0.2, 0.25) is 20.7 Å². The van der Waals surface area contributed by atoms with Crippen molar-refractivity contribution in [3.05, 3.63) is 23.3 Å². The summed E-state index contributed by atoms with van der Waals surface area (Å²) < 4.78 is 43.0. The minimum absolute atomic E-state index is 0.0342. The molecule has 2 aromatic rings. The Labute approximate surface area is 171 Å². The maximum absolute atomic E-state index is 12.4. The van der Waals surface area contributed by atoms with Crippen LogP contribution in [0.25, 0.3) is 6.08 Å². The van der Waals surface area contributed by atoms with Crippen molar-refractivity contribution < 1.29 is 27.4 Å². The fraction of sp³-hybridized carbons (Fsp3) is 0.294. The second-order valence-electron chi connectivity index (χ2n) is 5.37. The molecule has 0 aliphatic carbocycles. The molecule has 0 saturated heterocycles. The van der Waals surface area contributed by atoms with E-state index >= 15 is 0 Å². The molecule has 0 aliphatic rings. The maximum atomic E-state index is 12.4. The summed E-state index contributed by atoms with van der Waals surface area (Å²) in [4.78, 5) is 16.2. The minimum Gasteiger partial charge on any atom is -0.493 e. The highest BCUT2D eigenvalue weighted by molar-refractivity contribution is 7.91. The predicted octanol–water partition coefficient (Wildman–Crippen LogP) is 1.90. The van der Waals surface area contributed by atoms with Gasteiger partial charge in [0.25, 0.3) is 11.1 Å². The maximum Gasteiger partial charge on any atom is 0.268 e. The first-order valence-electron chi connectivity index (χ1n) is 8.09. The molecule has 1 N–H and O–H groups in total. The van der Waals surface area contributed by atoms with Gasteiger partial charge in [0.15, 0.2) is 11.5 Å². The third-order valence-electron chi connectivity index (χ3n) is 3.65. The lowest BCUT2D eigenvalue weighted by atomic mass is 10.1. The average Bonchev–Trinajstić information content (AvgIpc) is 3.20. The fourth-order valence-corrected chi connectivity index (χ4v) is 3.76. The SMILES string of the molecule is CCS(=O)(=O)c1nsc(NC(=O)/C(C#N)=C\c2cc(OC)c(OC)c(OC)c2)n1. The summed E-state index contributed by atoms with van der Waals surface area (Å²) in [6.45, 7) is 1.46. The van der Waals surface area contributed by atoms with Crippen molar-refractivity contribution in [3.63, 3.8) is 0 Å². The lowest BCUT2D eigenvalue weighted by Crippen LogP contribution is -2.13. The van der Waals surface area contributed by atoms with Crippen molar-refractivity contribution >= 4 is 38.5 Å². The molecule has 0 aliphatic heterocycles. The number of hydrogen-bond acceptors (Lipinski definition) is 10. The third kappa shape index (κ3) is 5.01. The summed E-state index contributed by atoms with van der Waals surface area (Å²) in [5, 5.41) is 11.3. The first-order chi connectivity index (χ1) is 13.8. The number of amides is 1. The Morgan fingerprint density at radius 2 is 1.86 bits per heavy atom. The van der Waals surface area contributed by atoms with Gasteiger partial charge in [-0.1, -0.05) is 6.92 Å². The average molecular weight is 438 g/mol. The van der Waals surface area contributed by atoms with Gasteiger partial charge in [-0.05, 0) is 23.8 Å². The number of sulfone groups is 1. The van der Waals surface area contributed by atoms with E-state index in [-0.39, 0.29) is 21.6 Å². The van der Waals surface area contributed by atoms with E-state index in [9.17, 15) is 18.5 Å². The van der Waals surface area contributed by atoms with E-state index in [2.05, 4.69) is 14.7 Å². The molecule has 0 saturated carbocycles. The summed E-state index contributed by atoms with van der Waals surface area (Å²) in [6, 6.07) is 4.94. The number of aromatic nitrogens is 2. The van der Waals surface area contributed by atoms with Crippen molar-refractivity contribution in [1.82, 2.24) is 9.36 Å². The Morgan fingerprint density at radius 3 is 2.34 bits per heavy atom. The minimum atomic E-state index is -3.59. The van der Waals surface area contributed by atoms with Crippen LogP contribution in [0.3, 0.4) is 0 Å². The second-order valence-corrected chi connectivity index (χ2v) is 8.29. The number of carbonyl (C=O) groups excluding carboxylic acids is 1. The number of rotatable bonds is 8. The number of anilines is 1. The van der Waals surface area contributed by atoms with E-state index in [0.717, 1.165) is 0 Å². The van der Waals surface area contributed by atoms with Gasteiger partial charge in [-0.15, -0.1) is 0 Å². The van der Waals surface area contributed by atoms with Crippen molar-refractivity contribution in [3.8, 4) is 23.3 Å². The van der Waals surface area contributed by atoms with Crippen LogP contribution in [0.1, 0.15) is 12.5 Å². The first kappa shape index (κ1) is 22.1. The lowest BCUT2D eigenvalue weighted by Gasteiger charge is -2.13. The van der Waals surface area contributed by atoms with E-state index in [4.69, 9.17) is 14.2 Å². The van der Waals surface area contributed by atoms with Crippen LogP contribution in [0.15, 0.2) is 22.9 Å². The quantitative estimate of drug-likeness (QED) is 0.483. The molecule has 10 nitrogen and oxygen atoms in total. The number of ether oxygens (including phenoxy) is 3. The summed E-state index contributed by atoms with van der Waals surface area (Å²) in [7, 11) is 0.755. The second kappa shape index (κ2) is 9.35. The van der Waals surface area contributed by atoms with Gasteiger partial charge in [-0.25, -0.2) is 8.42 Å². The van der Waals surface area contributed by atoms with Crippen LogP contribution >= 0.6 is 11.5 Å². The Balaban J connectivity index is 2.33. The van der Waals surface area contributed by atoms with E-state index in [1.807, 2.05) is 0 Å². The number of nitriles is 1. The lowest BCUT2D eigenvalue weighted by molar-refractivity contribution is -0.112. The van der Waals surface area contributed by atoms with Crippen LogP contribution in [-0.2, 0) is 14.6 Å². The van der Waals surface area contributed by atoms with Crippen LogP contribution in [0.2, 0.25) is 0 Å². The summed E-state index contributed by atoms with van der Waals surface area (Å²) in [6.07, 6.45) is 1.32. The number of methoxy groups -OCH3 is 3. The normalized spacial score (nSPS) is 11.5. The van der Waals surface area contributed by atoms with Crippen LogP contribution in [-0.4, -0.2) is 50.8 Å². The van der Waals surface area contributed by atoms with Crippen molar-refractivity contribution in [2.45, 2.75) is 12.1 Å². The molecule has 0 radical (unpaired) electrons. The van der Waals surface area contributed by atoms with Gasteiger partial charge in [-0.2, -0.15) is 14.6 Å². The Morgan fingerprint density at radius 1 is 1.24 bits per heavy atom. The predicted molar refractivity (Wildman–Crippen MR) is 106 cm³/mol. The van der Waals surface area contributed by atoms with Gasteiger partial charge in [-0.3, -0.25) is 10.1 Å². The molecule has 1 aromatic heterocycles. The largest absolute Gasteiger partial charge is 0.493 e. The zero-order valence-electron chi connectivity index (χ0n) is 16.0. The number of benzene rings is 1. The van der Waals surface area contributed by atoms with Crippen LogP contribution < -0.4 is 19.5 Å². The monoisotopic (exact) mass is 438 g/mol. The molecule has 2 rings (SSSR count). The molecule has 1 amide bonds. The summed E-state index contributed by atoms with van der Waals surface area (Å²) in [5.41, 5.74) is 0.215. The van der Waals surface area contributed by atoms with Crippen molar-refractivity contribution in [2.75, 3.05) is 32.4 Å². The zero-order valence-corrected chi connectivity index (χ0v) is 17.7. The summed E-state index contributed by atoms with van der Waals surface area (Å²) in [5.74, 6) is 0.150. The van der Waals surface area contributed by atoms with Gasteiger partial charge in [0.1, 0.15) is 11.6 Å². The van der Waals surface area contributed by atoms with Crippen LogP contribution in [0, 0.1) is 11.3 Å². The molecule has 0 bridgehead atoms. The topological polar surface area (TPSA) is 140 Å². The van der Waals surface area contributed by atoms with Gasteiger partial charge < -0.3 is 14.2 Å². The molecule has 29 heavy (non-hydrogen) atoms. The first-order valence-corrected chi connectivity index (χ1v) is 10.5. The van der Waals surface area contributed by atoms with Gasteiger partial charge in [0.05, 0.1) is 27.1 Å². The third-order valence-corrected chi connectivity index (χ3v) is 5.89. The number of nitrogens with one attached hydrogen (secondary N) is 1. The number of carbonyl (C=O) groups is 1. The van der Waals surface area contributed by atoms with Crippen LogP contribution in [0.4, 0.5) is 5.13 Å². The summed E-state index contributed by atoms with van der Waals surface area (Å²) >= 11 is 0.706. The van der Waals surface area contributed by atoms with Gasteiger partial charge >= 0.3 is 0 Å². The molecule has 12 heteroatoms. The Kier molecular flexibility index (Phi) is 7.13. The Bertz CT molecular complexity index is 1060. The van der Waals surface area contributed by atoms with E-state index in [1.165, 1.54) is 34.3 Å². The highest BCUT2D eigenvalue weighted by atomic mass is 32.2. The van der Waals surface area contributed by atoms with E-state index < -0.39 is 15.7 Å². The molecular formula is C17H18N4O6S2. The molecule has 1 heterocycles. The standard InChI is InChI=1S/C17H18N4O6S2/c1-5-29(23,24)17-20-16(28-21-17)19-15(22)11(9-18)6-10-7-12(25-2)14(27-4)13(8-10)26-3/h6-8H,5H2,1-4H3,(H,19,20,21,22)/b11-6-. The molecular weight excluding hydrogens is 420 g/mol. The number of nitrogens with zero attached hydrogens (tertiary/aromatic N) is 3. The van der Waals surface area contributed by atoms with E-state index in [1.54, 1.807) is 18.2 Å². The molecule has 154 valence electrons. The van der Waals surface area contributed by atoms with Crippen molar-refractivity contribution in [1.29, 1.82) is 5.26 Å². The van der Waals surface area contributed by atoms with Gasteiger partial charge in [0, 0.05) is 11.5 Å².